The number of para-hydroxylation sites is 1. The van der Waals surface area contributed by atoms with Crippen molar-refractivity contribution in [1.82, 2.24) is 0 Å². The summed E-state index contributed by atoms with van der Waals surface area (Å²) in [5.41, 5.74) is -0.369. The molecule has 1 aromatic rings. The zero-order chi connectivity index (χ0) is 12.3. The van der Waals surface area contributed by atoms with Gasteiger partial charge in [-0.05, 0) is 38.1 Å². The first kappa shape index (κ1) is 12.2. The molecule has 1 aromatic carbocycles. The van der Waals surface area contributed by atoms with Crippen molar-refractivity contribution >= 4 is 17.5 Å². The number of carboxylic acid groups (broad SMARTS) is 1. The summed E-state index contributed by atoms with van der Waals surface area (Å²) in [6, 6.07) is 6.25. The van der Waals surface area contributed by atoms with E-state index in [1.54, 1.807) is 32.9 Å². The maximum atomic E-state index is 11.1. The third-order valence-electron chi connectivity index (χ3n) is 2.07. The minimum atomic E-state index is -1.36. The first-order chi connectivity index (χ1) is 7.38. The van der Waals surface area contributed by atoms with Crippen LogP contribution in [0.15, 0.2) is 29.4 Å². The van der Waals surface area contributed by atoms with E-state index in [1.165, 1.54) is 12.1 Å². The van der Waals surface area contributed by atoms with Crippen molar-refractivity contribution in [2.45, 2.75) is 26.3 Å². The molecule has 5 nitrogen and oxygen atoms in total. The molecule has 16 heavy (non-hydrogen) atoms. The molecule has 0 bridgehead atoms. The van der Waals surface area contributed by atoms with Crippen LogP contribution in [-0.4, -0.2) is 11.6 Å². The second-order valence-electron chi connectivity index (χ2n) is 4.35. The van der Waals surface area contributed by atoms with Crippen LogP contribution in [0.4, 0.5) is 16.2 Å². The van der Waals surface area contributed by atoms with Crippen molar-refractivity contribution in [2.24, 2.45) is 5.18 Å². The van der Waals surface area contributed by atoms with E-state index in [9.17, 15) is 14.8 Å². The van der Waals surface area contributed by atoms with Gasteiger partial charge in [0.2, 0.25) is 0 Å². The number of carbonyl (C=O) groups excluding carboxylic acids is 1. The SMILES string of the molecule is CC(C)(C)N(C(=O)[O-])c1ccccc1N=O. The largest absolute Gasteiger partial charge is 0.530 e. The summed E-state index contributed by atoms with van der Waals surface area (Å²) < 4.78 is 0. The molecule has 0 fully saturated rings. The highest BCUT2D eigenvalue weighted by atomic mass is 16.4. The molecule has 0 aliphatic rings. The summed E-state index contributed by atoms with van der Waals surface area (Å²) in [5.74, 6) is 0. The van der Waals surface area contributed by atoms with Crippen LogP contribution in [0.3, 0.4) is 0 Å². The summed E-state index contributed by atoms with van der Waals surface area (Å²) in [6.07, 6.45) is -1.36. The summed E-state index contributed by atoms with van der Waals surface area (Å²) in [5, 5.41) is 13.9. The van der Waals surface area contributed by atoms with Crippen molar-refractivity contribution in [2.75, 3.05) is 4.90 Å². The maximum absolute atomic E-state index is 11.1. The molecule has 0 spiro atoms. The molecule has 0 radical (unpaired) electrons. The average molecular weight is 221 g/mol. The summed E-state index contributed by atoms with van der Waals surface area (Å²) in [4.78, 5) is 22.7. The lowest BCUT2D eigenvalue weighted by molar-refractivity contribution is -0.247. The molecule has 0 aliphatic heterocycles. The van der Waals surface area contributed by atoms with Gasteiger partial charge in [0.25, 0.3) is 0 Å². The number of hydrogen-bond acceptors (Lipinski definition) is 4. The van der Waals surface area contributed by atoms with Crippen molar-refractivity contribution in [1.29, 1.82) is 0 Å². The van der Waals surface area contributed by atoms with Gasteiger partial charge in [-0.3, -0.25) is 0 Å². The lowest BCUT2D eigenvalue weighted by atomic mass is 10.1. The van der Waals surface area contributed by atoms with Gasteiger partial charge >= 0.3 is 0 Å². The second-order valence-corrected chi connectivity index (χ2v) is 4.35. The molecule has 0 heterocycles. The Morgan fingerprint density at radius 2 is 1.88 bits per heavy atom. The highest BCUT2D eigenvalue weighted by Crippen LogP contribution is 2.32. The fourth-order valence-corrected chi connectivity index (χ4v) is 1.46. The van der Waals surface area contributed by atoms with Gasteiger partial charge in [-0.1, -0.05) is 12.1 Å². The Kier molecular flexibility index (Phi) is 3.27. The van der Waals surface area contributed by atoms with Gasteiger partial charge in [-0.15, -0.1) is 4.91 Å². The molecule has 0 atom stereocenters. The predicted molar refractivity (Wildman–Crippen MR) is 59.5 cm³/mol. The number of anilines is 1. The van der Waals surface area contributed by atoms with E-state index in [2.05, 4.69) is 5.18 Å². The quantitative estimate of drug-likeness (QED) is 0.717. The van der Waals surface area contributed by atoms with Gasteiger partial charge in [-0.25, -0.2) is 0 Å². The van der Waals surface area contributed by atoms with E-state index >= 15 is 0 Å². The topological polar surface area (TPSA) is 72.8 Å². The molecule has 0 saturated carbocycles. The normalized spacial score (nSPS) is 10.9. The molecule has 0 unspecified atom stereocenters. The minimum Gasteiger partial charge on any atom is -0.530 e. The molecular weight excluding hydrogens is 208 g/mol. The van der Waals surface area contributed by atoms with Crippen LogP contribution in [0, 0.1) is 4.91 Å². The van der Waals surface area contributed by atoms with E-state index in [0.29, 0.717) is 0 Å². The Labute approximate surface area is 93.7 Å². The standard InChI is InChI=1S/C11H14N2O3/c1-11(2,3)13(10(14)15)9-7-5-4-6-8(9)12-16/h4-7H,1-3H3,(H,14,15)/p-1. The Morgan fingerprint density at radius 1 is 1.31 bits per heavy atom. The van der Waals surface area contributed by atoms with Gasteiger partial charge in [-0.2, -0.15) is 0 Å². The first-order valence-electron chi connectivity index (χ1n) is 4.81. The Morgan fingerprint density at radius 3 is 2.31 bits per heavy atom. The van der Waals surface area contributed by atoms with Crippen LogP contribution in [0.5, 0.6) is 0 Å². The van der Waals surface area contributed by atoms with E-state index in [1.807, 2.05) is 0 Å². The van der Waals surface area contributed by atoms with Crippen LogP contribution in [0.25, 0.3) is 0 Å². The van der Waals surface area contributed by atoms with Crippen molar-refractivity contribution < 1.29 is 9.90 Å². The fourth-order valence-electron chi connectivity index (χ4n) is 1.46. The van der Waals surface area contributed by atoms with E-state index in [4.69, 9.17) is 0 Å². The first-order valence-corrected chi connectivity index (χ1v) is 4.81. The molecule has 0 aromatic heterocycles. The van der Waals surface area contributed by atoms with Gasteiger partial charge in [0.1, 0.15) is 11.8 Å². The zero-order valence-electron chi connectivity index (χ0n) is 9.43. The van der Waals surface area contributed by atoms with E-state index < -0.39 is 11.6 Å². The minimum absolute atomic E-state index is 0.0848. The van der Waals surface area contributed by atoms with E-state index in [-0.39, 0.29) is 11.4 Å². The van der Waals surface area contributed by atoms with E-state index in [0.717, 1.165) is 4.90 Å². The number of hydrogen-bond donors (Lipinski definition) is 0. The van der Waals surface area contributed by atoms with Crippen molar-refractivity contribution in [3.05, 3.63) is 29.2 Å². The molecule has 86 valence electrons. The smallest absolute Gasteiger partial charge is 0.142 e. The van der Waals surface area contributed by atoms with Gasteiger partial charge < -0.3 is 14.8 Å². The number of carbonyl (C=O) groups is 1. The Balaban J connectivity index is 3.32. The van der Waals surface area contributed by atoms with Crippen LogP contribution in [0.1, 0.15) is 20.8 Å². The molecule has 5 heteroatoms. The average Bonchev–Trinajstić information content (AvgIpc) is 2.15. The fraction of sp³-hybridized carbons (Fsp3) is 0.364. The highest BCUT2D eigenvalue weighted by Gasteiger charge is 2.25. The monoisotopic (exact) mass is 221 g/mol. The summed E-state index contributed by atoms with van der Waals surface area (Å²) >= 11 is 0. The zero-order valence-corrected chi connectivity index (χ0v) is 9.43. The molecule has 0 aliphatic carbocycles. The number of benzene rings is 1. The number of rotatable bonds is 2. The lowest BCUT2D eigenvalue weighted by Gasteiger charge is -2.38. The summed E-state index contributed by atoms with van der Waals surface area (Å²) in [7, 11) is 0. The predicted octanol–water partition coefficient (Wildman–Crippen LogP) is 2.03. The molecule has 0 saturated heterocycles. The Hall–Kier alpha value is -1.91. The molecule has 1 amide bonds. The molecule has 0 N–H and O–H groups in total. The third-order valence-corrected chi connectivity index (χ3v) is 2.07. The molecule has 1 rings (SSSR count). The number of nitroso groups, excluding NO2 is 1. The van der Waals surface area contributed by atoms with Crippen LogP contribution < -0.4 is 10.0 Å². The highest BCUT2D eigenvalue weighted by molar-refractivity contribution is 5.90. The lowest BCUT2D eigenvalue weighted by Crippen LogP contribution is -2.52. The maximum Gasteiger partial charge on any atom is 0.142 e. The number of nitrogens with zero attached hydrogens (tertiary/aromatic N) is 2. The second kappa shape index (κ2) is 4.30. The van der Waals surface area contributed by atoms with Gasteiger partial charge in [0.15, 0.2) is 0 Å². The van der Waals surface area contributed by atoms with Gasteiger partial charge in [0.05, 0.1) is 5.69 Å². The van der Waals surface area contributed by atoms with Crippen molar-refractivity contribution in [3.63, 3.8) is 0 Å². The van der Waals surface area contributed by atoms with Crippen LogP contribution in [0.2, 0.25) is 0 Å². The summed E-state index contributed by atoms with van der Waals surface area (Å²) in [6.45, 7) is 5.14. The molecular formula is C11H13N2O3-. The third kappa shape index (κ3) is 2.36. The van der Waals surface area contributed by atoms with Crippen molar-refractivity contribution in [3.8, 4) is 0 Å². The van der Waals surface area contributed by atoms with Crippen LogP contribution >= 0.6 is 0 Å². The Bertz CT molecular complexity index is 410. The van der Waals surface area contributed by atoms with Crippen LogP contribution in [-0.2, 0) is 0 Å². The van der Waals surface area contributed by atoms with Gasteiger partial charge in [0, 0.05) is 5.54 Å². The number of amides is 1.